The Bertz CT molecular complexity index is 512. The number of anilines is 1. The van der Waals surface area contributed by atoms with E-state index in [0.717, 1.165) is 29.2 Å². The van der Waals surface area contributed by atoms with E-state index in [2.05, 4.69) is 4.74 Å². The maximum absolute atomic E-state index is 12.4. The average Bonchev–Trinajstić information content (AvgIpc) is 2.70. The van der Waals surface area contributed by atoms with Crippen LogP contribution < -0.4 is 4.90 Å². The number of carboxylic acid groups (broad SMARTS) is 1. The van der Waals surface area contributed by atoms with Crippen LogP contribution in [-0.2, 0) is 15.7 Å². The number of carbonyl (C=O) groups excluding carboxylic acids is 1. The van der Waals surface area contributed by atoms with E-state index in [1.54, 1.807) is 0 Å². The molecule has 0 radical (unpaired) electrons. The molecule has 1 aliphatic heterocycles. The number of aliphatic carboxylic acids is 1. The molecule has 0 aromatic heterocycles. The third-order valence-electron chi connectivity index (χ3n) is 2.63. The SMILES string of the molecule is O=C(O)C1COC(=O)N1c1ccc(C(F)(F)F)cc1. The second-order valence-electron chi connectivity index (χ2n) is 3.85. The molecule has 1 aliphatic rings. The molecule has 19 heavy (non-hydrogen) atoms. The van der Waals surface area contributed by atoms with Crippen molar-refractivity contribution in [2.24, 2.45) is 0 Å². The number of amides is 1. The van der Waals surface area contributed by atoms with Gasteiger partial charge in [-0.2, -0.15) is 13.2 Å². The largest absolute Gasteiger partial charge is 0.480 e. The minimum absolute atomic E-state index is 0.0444. The molecule has 0 bridgehead atoms. The number of alkyl halides is 3. The summed E-state index contributed by atoms with van der Waals surface area (Å²) in [7, 11) is 0. The van der Waals surface area contributed by atoms with Gasteiger partial charge in [0.1, 0.15) is 6.61 Å². The number of benzene rings is 1. The molecule has 0 spiro atoms. The van der Waals surface area contributed by atoms with Crippen molar-refractivity contribution in [2.45, 2.75) is 12.2 Å². The zero-order chi connectivity index (χ0) is 14.2. The second-order valence-corrected chi connectivity index (χ2v) is 3.85. The predicted octanol–water partition coefficient (Wildman–Crippen LogP) is 2.12. The van der Waals surface area contributed by atoms with E-state index in [4.69, 9.17) is 5.11 Å². The quantitative estimate of drug-likeness (QED) is 0.897. The van der Waals surface area contributed by atoms with Crippen LogP contribution in [0, 0.1) is 0 Å². The Balaban J connectivity index is 2.31. The van der Waals surface area contributed by atoms with Crippen LogP contribution in [0.5, 0.6) is 0 Å². The number of carbonyl (C=O) groups is 2. The fraction of sp³-hybridized carbons (Fsp3) is 0.273. The van der Waals surface area contributed by atoms with Gasteiger partial charge in [0, 0.05) is 5.69 Å². The molecule has 1 amide bonds. The zero-order valence-electron chi connectivity index (χ0n) is 9.35. The van der Waals surface area contributed by atoms with Crippen molar-refractivity contribution in [3.8, 4) is 0 Å². The van der Waals surface area contributed by atoms with E-state index in [0.29, 0.717) is 0 Å². The van der Waals surface area contributed by atoms with Gasteiger partial charge in [0.15, 0.2) is 6.04 Å². The van der Waals surface area contributed by atoms with Crippen molar-refractivity contribution in [1.29, 1.82) is 0 Å². The van der Waals surface area contributed by atoms with Crippen LogP contribution in [0.2, 0.25) is 0 Å². The van der Waals surface area contributed by atoms with Gasteiger partial charge in [0.25, 0.3) is 0 Å². The van der Waals surface area contributed by atoms with Crippen molar-refractivity contribution in [2.75, 3.05) is 11.5 Å². The predicted molar refractivity (Wildman–Crippen MR) is 56.7 cm³/mol. The molecule has 1 saturated heterocycles. The smallest absolute Gasteiger partial charge is 0.416 e. The Morgan fingerprint density at radius 2 is 1.89 bits per heavy atom. The Morgan fingerprint density at radius 3 is 2.37 bits per heavy atom. The van der Waals surface area contributed by atoms with Gasteiger partial charge in [-0.1, -0.05) is 0 Å². The van der Waals surface area contributed by atoms with Crippen LogP contribution in [-0.4, -0.2) is 29.8 Å². The van der Waals surface area contributed by atoms with Gasteiger partial charge in [-0.25, -0.2) is 9.59 Å². The molecule has 1 atom stereocenters. The summed E-state index contributed by atoms with van der Waals surface area (Å²) in [5.74, 6) is -1.29. The number of carboxylic acids is 1. The first-order valence-corrected chi connectivity index (χ1v) is 5.17. The highest BCUT2D eigenvalue weighted by molar-refractivity contribution is 5.97. The summed E-state index contributed by atoms with van der Waals surface area (Å²) in [4.78, 5) is 23.1. The van der Waals surface area contributed by atoms with Gasteiger partial charge in [-0.05, 0) is 24.3 Å². The Kier molecular flexibility index (Phi) is 3.09. The summed E-state index contributed by atoms with van der Waals surface area (Å²) in [6.07, 6.45) is -5.39. The van der Waals surface area contributed by atoms with Crippen molar-refractivity contribution in [3.05, 3.63) is 29.8 Å². The Labute approximate surface area is 105 Å². The molecule has 1 aromatic rings. The summed E-state index contributed by atoms with van der Waals surface area (Å²) in [6, 6.07) is 2.39. The maximum atomic E-state index is 12.4. The number of hydrogen-bond donors (Lipinski definition) is 1. The summed E-state index contributed by atoms with van der Waals surface area (Å²) in [5.41, 5.74) is -0.835. The number of hydrogen-bond acceptors (Lipinski definition) is 3. The first-order valence-electron chi connectivity index (χ1n) is 5.17. The van der Waals surface area contributed by atoms with E-state index in [1.807, 2.05) is 0 Å². The fourth-order valence-electron chi connectivity index (χ4n) is 1.70. The lowest BCUT2D eigenvalue weighted by Crippen LogP contribution is -2.39. The van der Waals surface area contributed by atoms with Crippen LogP contribution in [0.15, 0.2) is 24.3 Å². The molecule has 1 fully saturated rings. The van der Waals surface area contributed by atoms with Gasteiger partial charge in [0.2, 0.25) is 0 Å². The highest BCUT2D eigenvalue weighted by Gasteiger charge is 2.39. The van der Waals surface area contributed by atoms with Gasteiger partial charge >= 0.3 is 18.2 Å². The van der Waals surface area contributed by atoms with E-state index >= 15 is 0 Å². The van der Waals surface area contributed by atoms with Crippen molar-refractivity contribution in [3.63, 3.8) is 0 Å². The number of rotatable bonds is 2. The standard InChI is InChI=1S/C11H8F3NO4/c12-11(13,14)6-1-3-7(4-2-6)15-8(9(16)17)5-19-10(15)18/h1-4,8H,5H2,(H,16,17). The lowest BCUT2D eigenvalue weighted by molar-refractivity contribution is -0.139. The monoisotopic (exact) mass is 275 g/mol. The lowest BCUT2D eigenvalue weighted by atomic mass is 10.1. The normalized spacial score (nSPS) is 19.4. The van der Waals surface area contributed by atoms with Crippen molar-refractivity contribution < 1.29 is 32.6 Å². The number of ether oxygens (including phenoxy) is 1. The summed E-state index contributed by atoms with van der Waals surface area (Å²) in [6.45, 7) is -0.338. The summed E-state index contributed by atoms with van der Waals surface area (Å²) < 4.78 is 41.7. The molecular formula is C11H8F3NO4. The first kappa shape index (κ1) is 13.2. The minimum atomic E-state index is -4.49. The molecule has 0 aliphatic carbocycles. The van der Waals surface area contributed by atoms with Crippen LogP contribution in [0.3, 0.4) is 0 Å². The van der Waals surface area contributed by atoms with E-state index in [-0.39, 0.29) is 12.3 Å². The Hall–Kier alpha value is -2.25. The number of nitrogens with zero attached hydrogens (tertiary/aromatic N) is 1. The average molecular weight is 275 g/mol. The molecular weight excluding hydrogens is 267 g/mol. The molecule has 0 saturated carbocycles. The van der Waals surface area contributed by atoms with E-state index < -0.39 is 29.8 Å². The number of halogens is 3. The van der Waals surface area contributed by atoms with Crippen molar-refractivity contribution in [1.82, 2.24) is 0 Å². The third kappa shape index (κ3) is 2.47. The van der Waals surface area contributed by atoms with Crippen LogP contribution >= 0.6 is 0 Å². The molecule has 2 rings (SSSR count). The van der Waals surface area contributed by atoms with Crippen LogP contribution in [0.1, 0.15) is 5.56 Å². The third-order valence-corrected chi connectivity index (χ3v) is 2.63. The highest BCUT2D eigenvalue weighted by atomic mass is 19.4. The van der Waals surface area contributed by atoms with Gasteiger partial charge in [0.05, 0.1) is 5.56 Å². The highest BCUT2D eigenvalue weighted by Crippen LogP contribution is 2.31. The van der Waals surface area contributed by atoms with Crippen LogP contribution in [0.4, 0.5) is 23.7 Å². The molecule has 1 N–H and O–H groups in total. The molecule has 8 heteroatoms. The van der Waals surface area contributed by atoms with Gasteiger partial charge < -0.3 is 9.84 Å². The Morgan fingerprint density at radius 1 is 1.32 bits per heavy atom. The first-order chi connectivity index (χ1) is 8.80. The van der Waals surface area contributed by atoms with Gasteiger partial charge in [-0.3, -0.25) is 4.90 Å². The fourth-order valence-corrected chi connectivity index (χ4v) is 1.70. The number of cyclic esters (lactones) is 1. The van der Waals surface area contributed by atoms with E-state index in [1.165, 1.54) is 0 Å². The van der Waals surface area contributed by atoms with E-state index in [9.17, 15) is 22.8 Å². The molecule has 1 unspecified atom stereocenters. The second kappa shape index (κ2) is 4.45. The van der Waals surface area contributed by atoms with Crippen LogP contribution in [0.25, 0.3) is 0 Å². The molecule has 1 heterocycles. The summed E-state index contributed by atoms with van der Waals surface area (Å²) in [5, 5.41) is 8.89. The van der Waals surface area contributed by atoms with Gasteiger partial charge in [-0.15, -0.1) is 0 Å². The summed E-state index contributed by atoms with van der Waals surface area (Å²) >= 11 is 0. The topological polar surface area (TPSA) is 66.8 Å². The molecule has 1 aromatic carbocycles. The lowest BCUT2D eigenvalue weighted by Gasteiger charge is -2.18. The van der Waals surface area contributed by atoms with Crippen molar-refractivity contribution >= 4 is 17.7 Å². The zero-order valence-corrected chi connectivity index (χ0v) is 9.35. The molecule has 102 valence electrons. The maximum Gasteiger partial charge on any atom is 0.416 e. The molecule has 5 nitrogen and oxygen atoms in total. The minimum Gasteiger partial charge on any atom is -0.480 e.